The van der Waals surface area contributed by atoms with Crippen LogP contribution in [0.3, 0.4) is 0 Å². The Hall–Kier alpha value is -1.54. The van der Waals surface area contributed by atoms with E-state index in [1.807, 2.05) is 11.4 Å². The van der Waals surface area contributed by atoms with Crippen molar-refractivity contribution in [3.05, 3.63) is 50.1 Å². The van der Waals surface area contributed by atoms with Crippen LogP contribution in [0.5, 0.6) is 5.75 Å². The van der Waals surface area contributed by atoms with Crippen molar-refractivity contribution in [1.29, 1.82) is 5.26 Å². The maximum Gasteiger partial charge on any atom is 0.204 e. The van der Waals surface area contributed by atoms with E-state index in [1.165, 1.54) is 11.3 Å². The summed E-state index contributed by atoms with van der Waals surface area (Å²) in [5.41, 5.74) is 0.355. The zero-order valence-electron chi connectivity index (χ0n) is 10.9. The molecule has 0 radical (unpaired) electrons. The molecule has 0 saturated carbocycles. The molecule has 108 valence electrons. The first kappa shape index (κ1) is 15.8. The Morgan fingerprint density at radius 2 is 2.10 bits per heavy atom. The second-order valence-electron chi connectivity index (χ2n) is 4.16. The smallest absolute Gasteiger partial charge is 0.204 e. The van der Waals surface area contributed by atoms with Crippen molar-refractivity contribution in [2.75, 3.05) is 6.61 Å². The molecule has 2 aromatic rings. The molecule has 0 saturated heterocycles. The van der Waals surface area contributed by atoms with Crippen LogP contribution in [0.2, 0.25) is 10.0 Å². The Labute approximate surface area is 136 Å². The van der Waals surface area contributed by atoms with Gasteiger partial charge in [0.05, 0.1) is 22.6 Å². The minimum Gasteiger partial charge on any atom is -0.492 e. The predicted molar refractivity (Wildman–Crippen MR) is 84.6 cm³/mol. The van der Waals surface area contributed by atoms with Gasteiger partial charge in [-0.3, -0.25) is 4.79 Å². The van der Waals surface area contributed by atoms with E-state index in [2.05, 4.69) is 0 Å². The minimum atomic E-state index is -0.159. The van der Waals surface area contributed by atoms with Gasteiger partial charge in [0.1, 0.15) is 10.8 Å². The van der Waals surface area contributed by atoms with E-state index in [0.29, 0.717) is 35.6 Å². The van der Waals surface area contributed by atoms with Crippen molar-refractivity contribution in [3.8, 4) is 11.8 Å². The van der Waals surface area contributed by atoms with E-state index in [9.17, 15) is 4.79 Å². The molecule has 0 aliphatic heterocycles. The summed E-state index contributed by atoms with van der Waals surface area (Å²) in [5.74, 6) is 0.260. The fourth-order valence-corrected chi connectivity index (χ4v) is 2.83. The van der Waals surface area contributed by atoms with Crippen molar-refractivity contribution >= 4 is 40.3 Å². The normalized spacial score (nSPS) is 10.1. The summed E-state index contributed by atoms with van der Waals surface area (Å²) in [6.07, 6.45) is 1.03. The van der Waals surface area contributed by atoms with Crippen LogP contribution in [-0.2, 0) is 0 Å². The Kier molecular flexibility index (Phi) is 5.63. The highest BCUT2D eigenvalue weighted by Gasteiger charge is 2.18. The van der Waals surface area contributed by atoms with Gasteiger partial charge in [0, 0.05) is 12.0 Å². The lowest BCUT2D eigenvalue weighted by molar-refractivity contribution is 0.104. The second kappa shape index (κ2) is 7.46. The first-order chi connectivity index (χ1) is 10.1. The topological polar surface area (TPSA) is 50.1 Å². The van der Waals surface area contributed by atoms with Crippen molar-refractivity contribution in [2.45, 2.75) is 12.8 Å². The van der Waals surface area contributed by atoms with Crippen molar-refractivity contribution < 1.29 is 9.53 Å². The highest BCUT2D eigenvalue weighted by molar-refractivity contribution is 7.12. The number of carbonyl (C=O) groups is 1. The Morgan fingerprint density at radius 1 is 1.29 bits per heavy atom. The summed E-state index contributed by atoms with van der Waals surface area (Å²) in [4.78, 5) is 12.9. The second-order valence-corrected chi connectivity index (χ2v) is 5.86. The standard InChI is InChI=1S/C15H11Cl2NO2S/c16-13-10(15(19)12-4-3-9-21-12)5-6-11(14(13)17)20-8-2-1-7-18/h3-6,9H,1-2,8H2. The Bertz CT molecular complexity index is 678. The van der Waals surface area contributed by atoms with Gasteiger partial charge in [-0.2, -0.15) is 5.26 Å². The lowest BCUT2D eigenvalue weighted by atomic mass is 10.1. The summed E-state index contributed by atoms with van der Waals surface area (Å²) in [5, 5.41) is 10.7. The average Bonchev–Trinajstić information content (AvgIpc) is 3.01. The molecule has 0 atom stereocenters. The molecule has 1 heterocycles. The number of benzene rings is 1. The van der Waals surface area contributed by atoms with Crippen LogP contribution in [0.1, 0.15) is 28.1 Å². The minimum absolute atomic E-state index is 0.159. The molecule has 0 aliphatic carbocycles. The van der Waals surface area contributed by atoms with Gasteiger partial charge in [0.25, 0.3) is 0 Å². The van der Waals surface area contributed by atoms with E-state index in [4.69, 9.17) is 33.2 Å². The van der Waals surface area contributed by atoms with E-state index < -0.39 is 0 Å². The number of ketones is 1. The van der Waals surface area contributed by atoms with Crippen molar-refractivity contribution in [1.82, 2.24) is 0 Å². The number of ether oxygens (including phenoxy) is 1. The van der Waals surface area contributed by atoms with Crippen LogP contribution in [0.25, 0.3) is 0 Å². The van der Waals surface area contributed by atoms with Gasteiger partial charge in [-0.1, -0.05) is 29.3 Å². The molecule has 3 nitrogen and oxygen atoms in total. The van der Waals surface area contributed by atoms with Gasteiger partial charge in [0.15, 0.2) is 0 Å². The zero-order valence-corrected chi connectivity index (χ0v) is 13.3. The zero-order chi connectivity index (χ0) is 15.2. The largest absolute Gasteiger partial charge is 0.492 e. The molecule has 6 heteroatoms. The molecule has 0 bridgehead atoms. The fourth-order valence-electron chi connectivity index (χ4n) is 1.69. The van der Waals surface area contributed by atoms with Crippen molar-refractivity contribution in [3.63, 3.8) is 0 Å². The quantitative estimate of drug-likeness (QED) is 0.551. The van der Waals surface area contributed by atoms with Gasteiger partial charge in [-0.25, -0.2) is 0 Å². The molecule has 0 aliphatic rings. The molecular formula is C15H11Cl2NO2S. The SMILES string of the molecule is N#CCCCOc1ccc(C(=O)c2cccs2)c(Cl)c1Cl. The van der Waals surface area contributed by atoms with E-state index in [0.717, 1.165) is 0 Å². The number of nitriles is 1. The maximum absolute atomic E-state index is 12.3. The summed E-state index contributed by atoms with van der Waals surface area (Å²) in [6.45, 7) is 0.377. The first-order valence-corrected chi connectivity index (χ1v) is 7.84. The Balaban J connectivity index is 2.18. The number of halogens is 2. The van der Waals surface area contributed by atoms with E-state index in [-0.39, 0.29) is 15.8 Å². The van der Waals surface area contributed by atoms with Crippen molar-refractivity contribution in [2.24, 2.45) is 0 Å². The van der Waals surface area contributed by atoms with Gasteiger partial charge >= 0.3 is 0 Å². The number of thiophene rings is 1. The molecule has 0 amide bonds. The fraction of sp³-hybridized carbons (Fsp3) is 0.200. The molecule has 0 unspecified atom stereocenters. The summed E-state index contributed by atoms with van der Waals surface area (Å²) >= 11 is 13.7. The number of nitrogens with zero attached hydrogens (tertiary/aromatic N) is 1. The van der Waals surface area contributed by atoms with Crippen LogP contribution in [0.15, 0.2) is 29.6 Å². The summed E-state index contributed by atoms with van der Waals surface area (Å²) in [7, 11) is 0. The van der Waals surface area contributed by atoms with Crippen LogP contribution in [-0.4, -0.2) is 12.4 Å². The van der Waals surface area contributed by atoms with Gasteiger partial charge in [-0.05, 0) is 30.0 Å². The van der Waals surface area contributed by atoms with Crippen LogP contribution < -0.4 is 4.74 Å². The molecule has 21 heavy (non-hydrogen) atoms. The third-order valence-electron chi connectivity index (χ3n) is 2.73. The van der Waals surface area contributed by atoms with Crippen LogP contribution >= 0.6 is 34.5 Å². The lowest BCUT2D eigenvalue weighted by Crippen LogP contribution is -2.02. The molecule has 1 aromatic heterocycles. The maximum atomic E-state index is 12.3. The van der Waals surface area contributed by atoms with Gasteiger partial charge in [-0.15, -0.1) is 11.3 Å². The highest BCUT2D eigenvalue weighted by Crippen LogP contribution is 2.36. The number of hydrogen-bond donors (Lipinski definition) is 0. The van der Waals surface area contributed by atoms with Crippen LogP contribution in [0.4, 0.5) is 0 Å². The van der Waals surface area contributed by atoms with Gasteiger partial charge < -0.3 is 4.74 Å². The van der Waals surface area contributed by atoms with Gasteiger partial charge in [0.2, 0.25) is 5.78 Å². The summed E-state index contributed by atoms with van der Waals surface area (Å²) in [6, 6.07) is 8.82. The number of carbonyl (C=O) groups excluding carboxylic acids is 1. The number of rotatable bonds is 6. The lowest BCUT2D eigenvalue weighted by Gasteiger charge is -2.10. The van der Waals surface area contributed by atoms with Crippen LogP contribution in [0, 0.1) is 11.3 Å². The first-order valence-electron chi connectivity index (χ1n) is 6.21. The number of unbranched alkanes of at least 4 members (excludes halogenated alkanes) is 1. The third-order valence-corrected chi connectivity index (χ3v) is 4.46. The monoisotopic (exact) mass is 339 g/mol. The average molecular weight is 340 g/mol. The predicted octanol–water partition coefficient (Wildman–Crippen LogP) is 4.97. The third kappa shape index (κ3) is 3.76. The summed E-state index contributed by atoms with van der Waals surface area (Å²) < 4.78 is 5.47. The molecule has 0 spiro atoms. The molecule has 0 N–H and O–H groups in total. The van der Waals surface area contributed by atoms with E-state index >= 15 is 0 Å². The number of hydrogen-bond acceptors (Lipinski definition) is 4. The Morgan fingerprint density at radius 3 is 2.76 bits per heavy atom. The molecule has 0 fully saturated rings. The highest BCUT2D eigenvalue weighted by atomic mass is 35.5. The van der Waals surface area contributed by atoms with E-state index in [1.54, 1.807) is 24.3 Å². The molecular weight excluding hydrogens is 329 g/mol. The molecule has 2 rings (SSSR count). The molecule has 1 aromatic carbocycles.